The van der Waals surface area contributed by atoms with Crippen molar-refractivity contribution in [2.24, 2.45) is 4.99 Å². The fourth-order valence-corrected chi connectivity index (χ4v) is 4.99. The molecule has 2 aromatic carbocycles. The SMILES string of the molecule is CN(C)[C@H]1[Se]C(c2ccccc2)=N[C@@H]1c1ccccc1. The molecule has 2 nitrogen and oxygen atoms in total. The van der Waals surface area contributed by atoms with E-state index in [4.69, 9.17) is 4.99 Å². The topological polar surface area (TPSA) is 15.6 Å². The Bertz CT molecular complexity index is 593. The third kappa shape index (κ3) is 2.71. The molecule has 20 heavy (non-hydrogen) atoms. The predicted octanol–water partition coefficient (Wildman–Crippen LogP) is 2.78. The summed E-state index contributed by atoms with van der Waals surface area (Å²) in [6.07, 6.45) is 0. The maximum absolute atomic E-state index is 5.03. The van der Waals surface area contributed by atoms with Gasteiger partial charge in [0.1, 0.15) is 0 Å². The van der Waals surface area contributed by atoms with Crippen LogP contribution in [-0.2, 0) is 0 Å². The van der Waals surface area contributed by atoms with E-state index < -0.39 is 0 Å². The van der Waals surface area contributed by atoms with E-state index in [2.05, 4.69) is 79.7 Å². The van der Waals surface area contributed by atoms with Gasteiger partial charge >= 0.3 is 126 Å². The summed E-state index contributed by atoms with van der Waals surface area (Å²) in [5, 5.41) is 0. The van der Waals surface area contributed by atoms with Gasteiger partial charge in [-0.2, -0.15) is 0 Å². The molecule has 0 aromatic heterocycles. The van der Waals surface area contributed by atoms with Crippen LogP contribution in [-0.4, -0.2) is 43.5 Å². The molecule has 2 aromatic rings. The van der Waals surface area contributed by atoms with E-state index in [1.807, 2.05) is 0 Å². The Labute approximate surface area is 126 Å². The van der Waals surface area contributed by atoms with Crippen molar-refractivity contribution in [2.45, 2.75) is 11.0 Å². The number of likely N-dealkylation sites (N-methyl/N-ethyl adjacent to an activating group) is 1. The number of rotatable bonds is 3. The Morgan fingerprint density at radius 3 is 2.10 bits per heavy atom. The molecule has 2 atom stereocenters. The molecule has 3 heteroatoms. The molecule has 1 heterocycles. The Balaban J connectivity index is 1.96. The normalized spacial score (nSPS) is 22.1. The van der Waals surface area contributed by atoms with Crippen LogP contribution in [0.1, 0.15) is 17.2 Å². The maximum atomic E-state index is 5.03. The summed E-state index contributed by atoms with van der Waals surface area (Å²) in [5.41, 5.74) is 2.59. The van der Waals surface area contributed by atoms with Crippen molar-refractivity contribution < 1.29 is 0 Å². The molecule has 102 valence electrons. The van der Waals surface area contributed by atoms with Gasteiger partial charge in [0.25, 0.3) is 0 Å². The van der Waals surface area contributed by atoms with Crippen LogP contribution in [0, 0.1) is 0 Å². The fourth-order valence-electron chi connectivity index (χ4n) is 2.40. The molecule has 0 amide bonds. The minimum atomic E-state index is 0.265. The first kappa shape index (κ1) is 13.6. The van der Waals surface area contributed by atoms with Crippen LogP contribution in [0.2, 0.25) is 0 Å². The molecular weight excluding hydrogens is 311 g/mol. The second-order valence-corrected chi connectivity index (χ2v) is 7.45. The van der Waals surface area contributed by atoms with E-state index in [9.17, 15) is 0 Å². The van der Waals surface area contributed by atoms with Crippen molar-refractivity contribution in [3.8, 4) is 0 Å². The zero-order chi connectivity index (χ0) is 13.9. The van der Waals surface area contributed by atoms with Gasteiger partial charge in [-0.25, -0.2) is 0 Å². The quantitative estimate of drug-likeness (QED) is 0.791. The average Bonchev–Trinajstić information content (AvgIpc) is 2.94. The van der Waals surface area contributed by atoms with Gasteiger partial charge in [-0.3, -0.25) is 0 Å². The number of aliphatic imine (C=N–C) groups is 1. The van der Waals surface area contributed by atoms with Crippen LogP contribution >= 0.6 is 0 Å². The van der Waals surface area contributed by atoms with Crippen LogP contribution in [0.25, 0.3) is 0 Å². The molecule has 1 aliphatic rings. The summed E-state index contributed by atoms with van der Waals surface area (Å²) < 4.78 is 1.28. The van der Waals surface area contributed by atoms with E-state index in [-0.39, 0.29) is 6.04 Å². The monoisotopic (exact) mass is 330 g/mol. The van der Waals surface area contributed by atoms with Gasteiger partial charge in [-0.05, 0) is 0 Å². The Morgan fingerprint density at radius 1 is 0.900 bits per heavy atom. The van der Waals surface area contributed by atoms with Gasteiger partial charge in [0.05, 0.1) is 0 Å². The molecule has 0 radical (unpaired) electrons. The summed E-state index contributed by atoms with van der Waals surface area (Å²) in [6, 6.07) is 21.5. The molecule has 1 aliphatic heterocycles. The summed E-state index contributed by atoms with van der Waals surface area (Å²) >= 11 is 0.380. The van der Waals surface area contributed by atoms with Gasteiger partial charge in [0, 0.05) is 0 Å². The first-order valence-electron chi connectivity index (χ1n) is 6.77. The van der Waals surface area contributed by atoms with Crippen molar-refractivity contribution in [2.75, 3.05) is 14.1 Å². The Kier molecular flexibility index (Phi) is 4.02. The Hall–Kier alpha value is -1.41. The molecule has 0 saturated heterocycles. The van der Waals surface area contributed by atoms with Crippen molar-refractivity contribution in [3.05, 3.63) is 71.8 Å². The van der Waals surface area contributed by atoms with E-state index in [1.54, 1.807) is 0 Å². The van der Waals surface area contributed by atoms with Crippen LogP contribution in [0.5, 0.6) is 0 Å². The molecule has 0 spiro atoms. The zero-order valence-electron chi connectivity index (χ0n) is 11.7. The number of benzene rings is 2. The summed E-state index contributed by atoms with van der Waals surface area (Å²) in [7, 11) is 4.32. The standard InChI is InChI=1S/C17H18N2Se/c1-19(2)17-15(13-9-5-3-6-10-13)18-16(20-17)14-11-7-4-8-12-14/h3-12,15,17H,1-2H3/t15-,17+/m1/s1. The van der Waals surface area contributed by atoms with Gasteiger partial charge in [0.2, 0.25) is 0 Å². The van der Waals surface area contributed by atoms with Crippen molar-refractivity contribution in [1.29, 1.82) is 0 Å². The Morgan fingerprint density at radius 2 is 1.50 bits per heavy atom. The second kappa shape index (κ2) is 5.92. The van der Waals surface area contributed by atoms with Gasteiger partial charge in [-0.15, -0.1) is 0 Å². The first-order valence-corrected chi connectivity index (χ1v) is 8.61. The molecule has 0 bridgehead atoms. The molecule has 0 unspecified atom stereocenters. The van der Waals surface area contributed by atoms with Crippen LogP contribution in [0.15, 0.2) is 65.7 Å². The molecular formula is C17H18N2Se. The zero-order valence-corrected chi connectivity index (χ0v) is 13.4. The summed E-state index contributed by atoms with van der Waals surface area (Å²) in [6.45, 7) is 0. The van der Waals surface area contributed by atoms with Crippen molar-refractivity contribution in [3.63, 3.8) is 0 Å². The van der Waals surface area contributed by atoms with E-state index in [0.29, 0.717) is 19.9 Å². The van der Waals surface area contributed by atoms with E-state index >= 15 is 0 Å². The van der Waals surface area contributed by atoms with Crippen LogP contribution in [0.4, 0.5) is 0 Å². The number of hydrogen-bond donors (Lipinski definition) is 0. The third-order valence-corrected chi connectivity index (χ3v) is 6.55. The number of hydrogen-bond acceptors (Lipinski definition) is 2. The summed E-state index contributed by atoms with van der Waals surface area (Å²) in [5.74, 6) is 0. The van der Waals surface area contributed by atoms with Crippen molar-refractivity contribution >= 4 is 19.6 Å². The summed E-state index contributed by atoms with van der Waals surface area (Å²) in [4.78, 5) is 7.85. The van der Waals surface area contributed by atoms with E-state index in [0.717, 1.165) is 0 Å². The fraction of sp³-hybridized carbons (Fsp3) is 0.235. The second-order valence-electron chi connectivity index (χ2n) is 5.13. The number of nitrogens with zero attached hydrogens (tertiary/aromatic N) is 2. The molecule has 0 aliphatic carbocycles. The van der Waals surface area contributed by atoms with Gasteiger partial charge < -0.3 is 0 Å². The first-order chi connectivity index (χ1) is 9.75. The van der Waals surface area contributed by atoms with Crippen LogP contribution in [0.3, 0.4) is 0 Å². The molecule has 0 N–H and O–H groups in total. The van der Waals surface area contributed by atoms with Crippen LogP contribution < -0.4 is 0 Å². The minimum absolute atomic E-state index is 0.265. The average molecular weight is 329 g/mol. The third-order valence-electron chi connectivity index (χ3n) is 3.43. The van der Waals surface area contributed by atoms with E-state index in [1.165, 1.54) is 15.7 Å². The molecule has 3 rings (SSSR count). The van der Waals surface area contributed by atoms with Gasteiger partial charge in [0.15, 0.2) is 0 Å². The van der Waals surface area contributed by atoms with Gasteiger partial charge in [-0.1, -0.05) is 0 Å². The predicted molar refractivity (Wildman–Crippen MR) is 85.4 cm³/mol. The van der Waals surface area contributed by atoms with Crippen molar-refractivity contribution in [1.82, 2.24) is 4.90 Å². The molecule has 0 fully saturated rings. The molecule has 0 saturated carbocycles.